The molecule has 32 heavy (non-hydrogen) atoms. The third-order valence-corrected chi connectivity index (χ3v) is 5.38. The maximum absolute atomic E-state index is 12.1. The zero-order chi connectivity index (χ0) is 21.7. The van der Waals surface area contributed by atoms with Crippen LogP contribution in [0.4, 0.5) is 0 Å². The highest BCUT2D eigenvalue weighted by atomic mass is 127. The Bertz CT molecular complexity index is 820. The van der Waals surface area contributed by atoms with E-state index in [1.807, 2.05) is 37.3 Å². The zero-order valence-electron chi connectivity index (χ0n) is 19.0. The van der Waals surface area contributed by atoms with E-state index in [9.17, 15) is 4.79 Å². The van der Waals surface area contributed by atoms with Crippen LogP contribution in [-0.4, -0.2) is 49.5 Å². The Balaban J connectivity index is 0.00000363. The first-order chi connectivity index (χ1) is 15.2. The molecule has 0 spiro atoms. The topological polar surface area (TPSA) is 68.8 Å². The summed E-state index contributed by atoms with van der Waals surface area (Å²) in [5, 5.41) is 9.46. The van der Waals surface area contributed by atoms with Crippen molar-refractivity contribution >= 4 is 35.8 Å². The lowest BCUT2D eigenvalue weighted by atomic mass is 10.1. The second kappa shape index (κ2) is 14.8. The number of guanidine groups is 1. The fourth-order valence-corrected chi connectivity index (χ4v) is 3.69. The molecule has 0 atom stereocenters. The third kappa shape index (κ3) is 9.16. The van der Waals surface area contributed by atoms with Crippen molar-refractivity contribution < 1.29 is 4.79 Å². The maximum atomic E-state index is 12.1. The number of halogens is 1. The number of nitrogens with zero attached hydrogens (tertiary/aromatic N) is 2. The third-order valence-electron chi connectivity index (χ3n) is 5.38. The van der Waals surface area contributed by atoms with Gasteiger partial charge in [0.15, 0.2) is 5.96 Å². The molecule has 0 saturated carbocycles. The molecule has 174 valence electrons. The fourth-order valence-electron chi connectivity index (χ4n) is 3.69. The van der Waals surface area contributed by atoms with Gasteiger partial charge in [0.05, 0.1) is 6.54 Å². The lowest BCUT2D eigenvalue weighted by Crippen LogP contribution is -2.41. The average Bonchev–Trinajstić information content (AvgIpc) is 2.82. The van der Waals surface area contributed by atoms with Gasteiger partial charge in [-0.1, -0.05) is 48.9 Å². The van der Waals surface area contributed by atoms with E-state index in [1.54, 1.807) is 0 Å². The molecule has 1 fully saturated rings. The lowest BCUT2D eigenvalue weighted by molar-refractivity contribution is 0.0954. The number of hydrogen-bond donors (Lipinski definition) is 3. The Morgan fingerprint density at radius 2 is 1.53 bits per heavy atom. The van der Waals surface area contributed by atoms with Gasteiger partial charge >= 0.3 is 0 Å². The molecule has 3 N–H and O–H groups in total. The van der Waals surface area contributed by atoms with Gasteiger partial charge in [-0.3, -0.25) is 9.69 Å². The Labute approximate surface area is 209 Å². The quantitative estimate of drug-likeness (QED) is 0.193. The van der Waals surface area contributed by atoms with Crippen molar-refractivity contribution in [3.05, 3.63) is 71.3 Å². The Morgan fingerprint density at radius 3 is 2.22 bits per heavy atom. The Morgan fingerprint density at radius 1 is 0.875 bits per heavy atom. The summed E-state index contributed by atoms with van der Waals surface area (Å²) in [6.07, 6.45) is 4.01. The van der Waals surface area contributed by atoms with Crippen LogP contribution in [0, 0.1) is 0 Å². The number of amides is 1. The Kier molecular flexibility index (Phi) is 12.1. The summed E-state index contributed by atoms with van der Waals surface area (Å²) in [7, 11) is 0. The van der Waals surface area contributed by atoms with Crippen LogP contribution in [-0.2, 0) is 13.1 Å². The van der Waals surface area contributed by atoms with Crippen molar-refractivity contribution in [2.24, 2.45) is 4.99 Å². The molecule has 1 saturated heterocycles. The van der Waals surface area contributed by atoms with Crippen LogP contribution >= 0.6 is 24.0 Å². The number of rotatable bonds is 9. The highest BCUT2D eigenvalue weighted by Crippen LogP contribution is 2.14. The minimum Gasteiger partial charge on any atom is -0.357 e. The molecule has 0 unspecified atom stereocenters. The molecule has 1 heterocycles. The number of piperidine rings is 1. The molecular formula is C25H36IN5O. The minimum absolute atomic E-state index is 0. The van der Waals surface area contributed by atoms with Crippen LogP contribution in [0.5, 0.6) is 0 Å². The van der Waals surface area contributed by atoms with E-state index >= 15 is 0 Å². The van der Waals surface area contributed by atoms with Crippen LogP contribution < -0.4 is 16.0 Å². The SMILES string of the molecule is CCNC(=NCc1ccc(CN2CCCCC2)cc1)NCCNC(=O)c1ccccc1.I. The summed E-state index contributed by atoms with van der Waals surface area (Å²) < 4.78 is 0. The number of likely N-dealkylation sites (tertiary alicyclic amines) is 1. The van der Waals surface area contributed by atoms with Crippen molar-refractivity contribution in [2.75, 3.05) is 32.7 Å². The minimum atomic E-state index is -0.0611. The molecule has 3 rings (SSSR count). The van der Waals surface area contributed by atoms with Gasteiger partial charge in [0, 0.05) is 31.7 Å². The Hall–Kier alpha value is -2.13. The largest absolute Gasteiger partial charge is 0.357 e. The first-order valence-corrected chi connectivity index (χ1v) is 11.4. The lowest BCUT2D eigenvalue weighted by Gasteiger charge is -2.26. The van der Waals surface area contributed by atoms with Crippen molar-refractivity contribution in [3.8, 4) is 0 Å². The number of carbonyl (C=O) groups is 1. The monoisotopic (exact) mass is 549 g/mol. The van der Waals surface area contributed by atoms with E-state index in [0.717, 1.165) is 19.0 Å². The smallest absolute Gasteiger partial charge is 0.251 e. The maximum Gasteiger partial charge on any atom is 0.251 e. The molecule has 1 aliphatic heterocycles. The van der Waals surface area contributed by atoms with Gasteiger partial charge in [-0.2, -0.15) is 0 Å². The average molecular weight is 550 g/mol. The molecule has 0 bridgehead atoms. The van der Waals surface area contributed by atoms with Crippen LogP contribution in [0.25, 0.3) is 0 Å². The van der Waals surface area contributed by atoms with Crippen molar-refractivity contribution in [2.45, 2.75) is 39.3 Å². The summed E-state index contributed by atoms with van der Waals surface area (Å²) in [4.78, 5) is 19.3. The molecule has 6 nitrogen and oxygen atoms in total. The predicted octanol–water partition coefficient (Wildman–Crippen LogP) is 3.78. The van der Waals surface area contributed by atoms with Gasteiger partial charge in [-0.25, -0.2) is 4.99 Å². The van der Waals surface area contributed by atoms with Gasteiger partial charge in [-0.15, -0.1) is 24.0 Å². The highest BCUT2D eigenvalue weighted by molar-refractivity contribution is 14.0. The predicted molar refractivity (Wildman–Crippen MR) is 143 cm³/mol. The molecule has 0 radical (unpaired) electrons. The normalized spacial score (nSPS) is 14.3. The summed E-state index contributed by atoms with van der Waals surface area (Å²) in [5.41, 5.74) is 3.23. The van der Waals surface area contributed by atoms with Crippen LogP contribution in [0.3, 0.4) is 0 Å². The van der Waals surface area contributed by atoms with E-state index in [4.69, 9.17) is 0 Å². The number of benzene rings is 2. The summed E-state index contributed by atoms with van der Waals surface area (Å²) in [6.45, 7) is 8.08. The number of carbonyl (C=O) groups excluding carboxylic acids is 1. The number of hydrogen-bond acceptors (Lipinski definition) is 3. The van der Waals surface area contributed by atoms with Crippen LogP contribution in [0.1, 0.15) is 47.7 Å². The van der Waals surface area contributed by atoms with Crippen LogP contribution in [0.15, 0.2) is 59.6 Å². The molecule has 1 amide bonds. The molecule has 0 aliphatic carbocycles. The molecular weight excluding hydrogens is 513 g/mol. The molecule has 1 aliphatic rings. The molecule has 0 aromatic heterocycles. The van der Waals surface area contributed by atoms with E-state index in [0.29, 0.717) is 25.2 Å². The van der Waals surface area contributed by atoms with Gasteiger partial charge in [0.1, 0.15) is 0 Å². The fraction of sp³-hybridized carbons (Fsp3) is 0.440. The highest BCUT2D eigenvalue weighted by Gasteiger charge is 2.10. The van der Waals surface area contributed by atoms with Crippen molar-refractivity contribution in [1.82, 2.24) is 20.9 Å². The van der Waals surface area contributed by atoms with Gasteiger partial charge in [0.25, 0.3) is 5.91 Å². The standard InChI is InChI=1S/C25H35N5O.HI/c1-2-26-25(28-16-15-27-24(31)23-9-5-3-6-10-23)29-19-21-11-13-22(14-12-21)20-30-17-7-4-8-18-30;/h3,5-6,9-14H,2,4,7-8,15-20H2,1H3,(H,27,31)(H2,26,28,29);1H. The summed E-state index contributed by atoms with van der Waals surface area (Å²) in [5.74, 6) is 0.697. The van der Waals surface area contributed by atoms with E-state index in [2.05, 4.69) is 50.1 Å². The van der Waals surface area contributed by atoms with Gasteiger partial charge in [-0.05, 0) is 56.1 Å². The number of aliphatic imine (C=N–C) groups is 1. The molecule has 7 heteroatoms. The van der Waals surface area contributed by atoms with E-state index in [-0.39, 0.29) is 29.9 Å². The summed E-state index contributed by atoms with van der Waals surface area (Å²) in [6, 6.07) is 18.0. The van der Waals surface area contributed by atoms with Crippen molar-refractivity contribution in [1.29, 1.82) is 0 Å². The van der Waals surface area contributed by atoms with Crippen LogP contribution in [0.2, 0.25) is 0 Å². The first kappa shape index (κ1) is 26.1. The van der Waals surface area contributed by atoms with Crippen molar-refractivity contribution in [3.63, 3.8) is 0 Å². The molecule has 2 aromatic carbocycles. The first-order valence-electron chi connectivity index (χ1n) is 11.4. The summed E-state index contributed by atoms with van der Waals surface area (Å²) >= 11 is 0. The van der Waals surface area contributed by atoms with E-state index in [1.165, 1.54) is 43.5 Å². The zero-order valence-corrected chi connectivity index (χ0v) is 21.3. The second-order valence-electron chi connectivity index (χ2n) is 7.90. The molecule has 2 aromatic rings. The van der Waals surface area contributed by atoms with E-state index < -0.39 is 0 Å². The van der Waals surface area contributed by atoms with Gasteiger partial charge < -0.3 is 16.0 Å². The second-order valence-corrected chi connectivity index (χ2v) is 7.90. The van der Waals surface area contributed by atoms with Gasteiger partial charge in [0.2, 0.25) is 0 Å². The number of nitrogens with one attached hydrogen (secondary N) is 3.